The van der Waals surface area contributed by atoms with Crippen LogP contribution in [0.3, 0.4) is 0 Å². The van der Waals surface area contributed by atoms with Gasteiger partial charge in [0.2, 0.25) is 0 Å². The van der Waals surface area contributed by atoms with Crippen LogP contribution in [0.5, 0.6) is 0 Å². The molecule has 0 saturated heterocycles. The molecule has 130 valence electrons. The molecule has 0 bridgehead atoms. The minimum atomic E-state index is 0.520. The number of hydrogen-bond acceptors (Lipinski definition) is 5. The molecular formula is C19H23N5S. The van der Waals surface area contributed by atoms with Gasteiger partial charge in [-0.25, -0.2) is 9.97 Å². The number of nitrogens with zero attached hydrogens (tertiary/aromatic N) is 3. The predicted octanol–water partition coefficient (Wildman–Crippen LogP) is 4.16. The van der Waals surface area contributed by atoms with Crippen LogP contribution in [0.25, 0.3) is 22.2 Å². The lowest BCUT2D eigenvalue weighted by Gasteiger charge is -2.12. The summed E-state index contributed by atoms with van der Waals surface area (Å²) in [6, 6.07) is 9.13. The summed E-state index contributed by atoms with van der Waals surface area (Å²) in [5.74, 6) is 0.560. The molecule has 1 aliphatic rings. The zero-order valence-corrected chi connectivity index (χ0v) is 15.2. The first kappa shape index (κ1) is 16.4. The van der Waals surface area contributed by atoms with Crippen molar-refractivity contribution in [2.24, 2.45) is 0 Å². The first-order valence-corrected chi connectivity index (χ1v) is 9.96. The van der Waals surface area contributed by atoms with E-state index in [-0.39, 0.29) is 0 Å². The van der Waals surface area contributed by atoms with Gasteiger partial charge in [0, 0.05) is 24.3 Å². The van der Waals surface area contributed by atoms with Crippen LogP contribution in [-0.4, -0.2) is 20.8 Å². The highest BCUT2D eigenvalue weighted by atomic mass is 32.2. The molecule has 3 N–H and O–H groups in total. The third kappa shape index (κ3) is 3.12. The molecule has 5 nitrogen and oxygen atoms in total. The van der Waals surface area contributed by atoms with E-state index in [1.54, 1.807) is 18.3 Å². The molecule has 0 amide bonds. The van der Waals surface area contributed by atoms with Gasteiger partial charge in [-0.2, -0.15) is 0 Å². The minimum Gasteiger partial charge on any atom is -0.383 e. The van der Waals surface area contributed by atoms with Crippen molar-refractivity contribution in [1.29, 1.82) is 0 Å². The maximum Gasteiger partial charge on any atom is 0.146 e. The summed E-state index contributed by atoms with van der Waals surface area (Å²) in [5, 5.41) is 0.976. The number of benzene rings is 1. The summed E-state index contributed by atoms with van der Waals surface area (Å²) in [6.45, 7) is 0.836. The lowest BCUT2D eigenvalue weighted by Crippen LogP contribution is -2.04. The van der Waals surface area contributed by atoms with Gasteiger partial charge in [-0.15, -0.1) is 0 Å². The van der Waals surface area contributed by atoms with E-state index in [9.17, 15) is 0 Å². The Hall–Kier alpha value is -2.05. The van der Waals surface area contributed by atoms with E-state index in [1.807, 2.05) is 6.26 Å². The number of fused-ring (bicyclic) bond motifs is 1. The molecule has 0 atom stereocenters. The maximum atomic E-state index is 6.24. The van der Waals surface area contributed by atoms with Crippen molar-refractivity contribution in [3.05, 3.63) is 42.4 Å². The Morgan fingerprint density at radius 1 is 1.28 bits per heavy atom. The van der Waals surface area contributed by atoms with Crippen LogP contribution in [0, 0.1) is 0 Å². The molecule has 4 rings (SSSR count). The van der Waals surface area contributed by atoms with E-state index in [0.29, 0.717) is 11.9 Å². The average Bonchev–Trinajstić information content (AvgIpc) is 3.28. The minimum absolute atomic E-state index is 0.520. The van der Waals surface area contributed by atoms with Crippen LogP contribution in [0.2, 0.25) is 0 Å². The normalized spacial score (nSPS) is 15.2. The fourth-order valence-electron chi connectivity index (χ4n) is 3.79. The van der Waals surface area contributed by atoms with E-state index in [4.69, 9.17) is 5.73 Å². The number of nitrogens with one attached hydrogen (secondary N) is 1. The van der Waals surface area contributed by atoms with Crippen molar-refractivity contribution in [3.8, 4) is 11.1 Å². The molecule has 0 radical (unpaired) electrons. The van der Waals surface area contributed by atoms with Crippen LogP contribution >= 0.6 is 11.9 Å². The molecule has 0 spiro atoms. The topological polar surface area (TPSA) is 68.8 Å². The highest BCUT2D eigenvalue weighted by Crippen LogP contribution is 2.38. The number of anilines is 1. The second kappa shape index (κ2) is 7.06. The number of rotatable bonds is 5. The Morgan fingerprint density at radius 3 is 2.92 bits per heavy atom. The number of nitrogen functional groups attached to an aromatic ring is 1. The third-order valence-electron chi connectivity index (χ3n) is 5.02. The fraction of sp³-hybridized carbons (Fsp3) is 0.368. The van der Waals surface area contributed by atoms with Crippen molar-refractivity contribution in [2.45, 2.75) is 38.3 Å². The van der Waals surface area contributed by atoms with Gasteiger partial charge in [0.15, 0.2) is 0 Å². The maximum absolute atomic E-state index is 6.24. The Labute approximate surface area is 152 Å². The molecule has 6 heteroatoms. The zero-order chi connectivity index (χ0) is 17.2. The Kier molecular flexibility index (Phi) is 4.63. The van der Waals surface area contributed by atoms with Crippen molar-refractivity contribution in [3.63, 3.8) is 0 Å². The second-order valence-electron chi connectivity index (χ2n) is 6.57. The number of nitrogens with two attached hydrogens (primary N) is 1. The molecule has 1 saturated carbocycles. The third-order valence-corrected chi connectivity index (χ3v) is 5.45. The Morgan fingerprint density at radius 2 is 2.12 bits per heavy atom. The summed E-state index contributed by atoms with van der Waals surface area (Å²) in [5.41, 5.74) is 10.8. The van der Waals surface area contributed by atoms with Gasteiger partial charge in [0.05, 0.1) is 5.39 Å². The van der Waals surface area contributed by atoms with Gasteiger partial charge >= 0.3 is 0 Å². The smallest absolute Gasteiger partial charge is 0.146 e. The highest BCUT2D eigenvalue weighted by Gasteiger charge is 2.22. The van der Waals surface area contributed by atoms with Gasteiger partial charge in [-0.1, -0.05) is 43.0 Å². The lowest BCUT2D eigenvalue weighted by atomic mass is 10.0. The second-order valence-corrected chi connectivity index (χ2v) is 7.27. The van der Waals surface area contributed by atoms with Gasteiger partial charge < -0.3 is 10.3 Å². The van der Waals surface area contributed by atoms with Crippen molar-refractivity contribution in [2.75, 3.05) is 12.0 Å². The summed E-state index contributed by atoms with van der Waals surface area (Å²) >= 11 is 1.63. The molecular weight excluding hydrogens is 330 g/mol. The van der Waals surface area contributed by atoms with Gasteiger partial charge in [-0.05, 0) is 36.3 Å². The molecule has 2 aromatic heterocycles. The molecule has 2 heterocycles. The molecule has 3 aromatic rings. The van der Waals surface area contributed by atoms with Crippen LogP contribution in [-0.2, 0) is 6.54 Å². The molecule has 25 heavy (non-hydrogen) atoms. The molecule has 1 aliphatic carbocycles. The van der Waals surface area contributed by atoms with E-state index >= 15 is 0 Å². The lowest BCUT2D eigenvalue weighted by molar-refractivity contribution is 0.532. The first-order valence-electron chi connectivity index (χ1n) is 8.74. The van der Waals surface area contributed by atoms with Crippen molar-refractivity contribution < 1.29 is 0 Å². The summed E-state index contributed by atoms with van der Waals surface area (Å²) < 4.78 is 5.63. The van der Waals surface area contributed by atoms with Crippen LogP contribution in [0.15, 0.2) is 36.8 Å². The Balaban J connectivity index is 1.84. The van der Waals surface area contributed by atoms with Crippen molar-refractivity contribution >= 4 is 28.8 Å². The summed E-state index contributed by atoms with van der Waals surface area (Å²) in [7, 11) is 0. The van der Waals surface area contributed by atoms with Gasteiger partial charge in [0.1, 0.15) is 17.8 Å². The molecule has 0 unspecified atom stereocenters. The van der Waals surface area contributed by atoms with Crippen LogP contribution < -0.4 is 10.5 Å². The standard InChI is InChI=1S/C19H23N5S/c1-25-23-10-13-5-4-6-14(9-13)16-11-24(15-7-2-3-8-15)19-17(16)18(20)21-12-22-19/h4-6,9,11-12,15,23H,2-3,7-8,10H2,1H3,(H2,20,21,22). The van der Waals surface area contributed by atoms with Gasteiger partial charge in [-0.3, -0.25) is 4.72 Å². The molecule has 1 aromatic carbocycles. The summed E-state index contributed by atoms with van der Waals surface area (Å²) in [4.78, 5) is 8.80. The predicted molar refractivity (Wildman–Crippen MR) is 105 cm³/mol. The van der Waals surface area contributed by atoms with E-state index in [1.165, 1.54) is 36.8 Å². The van der Waals surface area contributed by atoms with E-state index in [0.717, 1.165) is 23.1 Å². The number of aromatic nitrogens is 3. The largest absolute Gasteiger partial charge is 0.383 e. The monoisotopic (exact) mass is 353 g/mol. The molecule has 0 aliphatic heterocycles. The molecule has 1 fully saturated rings. The van der Waals surface area contributed by atoms with Crippen LogP contribution in [0.1, 0.15) is 37.3 Å². The zero-order valence-electron chi connectivity index (χ0n) is 14.4. The number of hydrogen-bond donors (Lipinski definition) is 2. The van der Waals surface area contributed by atoms with Gasteiger partial charge in [0.25, 0.3) is 0 Å². The quantitative estimate of drug-likeness (QED) is 0.674. The van der Waals surface area contributed by atoms with E-state index in [2.05, 4.69) is 49.7 Å². The Bertz CT molecular complexity index is 883. The van der Waals surface area contributed by atoms with Crippen LogP contribution in [0.4, 0.5) is 5.82 Å². The highest BCUT2D eigenvalue weighted by molar-refractivity contribution is 7.96. The fourth-order valence-corrected chi connectivity index (χ4v) is 4.10. The average molecular weight is 353 g/mol. The summed E-state index contributed by atoms with van der Waals surface area (Å²) in [6.07, 6.45) is 10.8. The first-order chi connectivity index (χ1) is 12.3. The van der Waals surface area contributed by atoms with E-state index < -0.39 is 0 Å². The SMILES string of the molecule is CSNCc1cccc(-c2cn(C3CCCC3)c3ncnc(N)c23)c1. The van der Waals surface area contributed by atoms with Crippen molar-refractivity contribution in [1.82, 2.24) is 19.3 Å².